The second-order valence-electron chi connectivity index (χ2n) is 5.87. The monoisotopic (exact) mass is 374 g/mol. The number of carbonyl (C=O) groups is 1. The summed E-state index contributed by atoms with van der Waals surface area (Å²) in [5.74, 6) is 3.06. The first-order valence-corrected chi connectivity index (χ1v) is 9.73. The Balaban J connectivity index is 1.49. The Morgan fingerprint density at radius 3 is 3.00 bits per heavy atom. The van der Waals surface area contributed by atoms with E-state index in [0.717, 1.165) is 31.0 Å². The molecule has 0 bridgehead atoms. The zero-order valence-electron chi connectivity index (χ0n) is 12.8. The second kappa shape index (κ2) is 7.97. The Labute approximate surface area is 150 Å². The summed E-state index contributed by atoms with van der Waals surface area (Å²) in [5.41, 5.74) is 0. The van der Waals surface area contributed by atoms with Gasteiger partial charge < -0.3 is 15.0 Å². The molecule has 0 spiro atoms. The predicted octanol–water partition coefficient (Wildman–Crippen LogP) is 3.07. The lowest BCUT2D eigenvalue weighted by Gasteiger charge is -2.25. The first kappa shape index (κ1) is 17.2. The van der Waals surface area contributed by atoms with Crippen LogP contribution in [-0.4, -0.2) is 54.1 Å². The number of nitrogens with zero attached hydrogens (tertiary/aromatic N) is 1. The van der Waals surface area contributed by atoms with Crippen LogP contribution in [0.2, 0.25) is 10.0 Å². The molecular formula is C16H20Cl2N2O2S. The summed E-state index contributed by atoms with van der Waals surface area (Å²) < 4.78 is 5.92. The molecule has 2 saturated heterocycles. The molecule has 2 fully saturated rings. The van der Waals surface area contributed by atoms with Crippen LogP contribution in [-0.2, 0) is 4.79 Å². The molecule has 0 radical (unpaired) electrons. The van der Waals surface area contributed by atoms with Gasteiger partial charge in [0.05, 0.1) is 16.6 Å². The molecule has 2 atom stereocenters. The van der Waals surface area contributed by atoms with E-state index in [4.69, 9.17) is 27.9 Å². The van der Waals surface area contributed by atoms with Crippen LogP contribution in [0.3, 0.4) is 0 Å². The van der Waals surface area contributed by atoms with Crippen LogP contribution in [0, 0.1) is 0 Å². The molecule has 126 valence electrons. The van der Waals surface area contributed by atoms with E-state index in [1.807, 2.05) is 22.7 Å². The van der Waals surface area contributed by atoms with E-state index in [2.05, 4.69) is 5.32 Å². The van der Waals surface area contributed by atoms with Crippen LogP contribution in [0.15, 0.2) is 18.2 Å². The van der Waals surface area contributed by atoms with Crippen molar-refractivity contribution in [3.05, 3.63) is 28.2 Å². The summed E-state index contributed by atoms with van der Waals surface area (Å²) in [7, 11) is 0. The van der Waals surface area contributed by atoms with Gasteiger partial charge in [-0.25, -0.2) is 0 Å². The number of halogens is 2. The number of hydrogen-bond acceptors (Lipinski definition) is 4. The van der Waals surface area contributed by atoms with Gasteiger partial charge in [-0.1, -0.05) is 23.2 Å². The SMILES string of the molecule is O=C(CC1CSCCN1)N1CCC(Oc2ccc(Cl)c(Cl)c2)C1. The van der Waals surface area contributed by atoms with E-state index in [1.54, 1.807) is 12.1 Å². The van der Waals surface area contributed by atoms with Gasteiger partial charge in [0.2, 0.25) is 5.91 Å². The quantitative estimate of drug-likeness (QED) is 0.878. The Morgan fingerprint density at radius 1 is 1.39 bits per heavy atom. The van der Waals surface area contributed by atoms with Crippen molar-refractivity contribution in [2.24, 2.45) is 0 Å². The number of rotatable bonds is 4. The molecule has 7 heteroatoms. The molecule has 0 aliphatic carbocycles. The summed E-state index contributed by atoms with van der Waals surface area (Å²) in [6.07, 6.45) is 1.44. The van der Waals surface area contributed by atoms with Crippen molar-refractivity contribution in [2.75, 3.05) is 31.1 Å². The van der Waals surface area contributed by atoms with E-state index in [-0.39, 0.29) is 12.0 Å². The van der Waals surface area contributed by atoms with Crippen molar-refractivity contribution in [1.82, 2.24) is 10.2 Å². The normalized spacial score (nSPS) is 24.7. The highest BCUT2D eigenvalue weighted by atomic mass is 35.5. The fourth-order valence-corrected chi connectivity index (χ4v) is 4.12. The topological polar surface area (TPSA) is 41.6 Å². The predicted molar refractivity (Wildman–Crippen MR) is 95.8 cm³/mol. The van der Waals surface area contributed by atoms with Gasteiger partial charge >= 0.3 is 0 Å². The molecule has 0 aromatic heterocycles. The molecule has 2 unspecified atom stereocenters. The minimum absolute atomic E-state index is 0.0184. The van der Waals surface area contributed by atoms with Gasteiger partial charge in [-0.3, -0.25) is 4.79 Å². The lowest BCUT2D eigenvalue weighted by atomic mass is 10.2. The third kappa shape index (κ3) is 4.69. The average Bonchev–Trinajstić information content (AvgIpc) is 3.01. The number of hydrogen-bond donors (Lipinski definition) is 1. The molecule has 4 nitrogen and oxygen atoms in total. The van der Waals surface area contributed by atoms with Crippen molar-refractivity contribution in [3.8, 4) is 5.75 Å². The molecule has 23 heavy (non-hydrogen) atoms. The highest BCUT2D eigenvalue weighted by Crippen LogP contribution is 2.28. The highest BCUT2D eigenvalue weighted by Gasteiger charge is 2.29. The molecule has 1 aromatic carbocycles. The molecule has 1 amide bonds. The number of thioether (sulfide) groups is 1. The first-order chi connectivity index (χ1) is 11.1. The van der Waals surface area contributed by atoms with E-state index in [0.29, 0.717) is 34.8 Å². The first-order valence-electron chi connectivity index (χ1n) is 7.82. The summed E-state index contributed by atoms with van der Waals surface area (Å²) >= 11 is 13.8. The Kier molecular flexibility index (Phi) is 5.96. The molecule has 3 rings (SSSR count). The van der Waals surface area contributed by atoms with E-state index in [9.17, 15) is 4.79 Å². The van der Waals surface area contributed by atoms with Crippen LogP contribution >= 0.6 is 35.0 Å². The zero-order chi connectivity index (χ0) is 16.2. The average molecular weight is 375 g/mol. The van der Waals surface area contributed by atoms with Gasteiger partial charge in [0.1, 0.15) is 11.9 Å². The number of nitrogens with one attached hydrogen (secondary N) is 1. The summed E-state index contributed by atoms with van der Waals surface area (Å²) in [4.78, 5) is 14.3. The zero-order valence-corrected chi connectivity index (χ0v) is 15.1. The van der Waals surface area contributed by atoms with Crippen LogP contribution in [0.5, 0.6) is 5.75 Å². The summed E-state index contributed by atoms with van der Waals surface area (Å²) in [5, 5.41) is 4.41. The van der Waals surface area contributed by atoms with Gasteiger partial charge in [-0.05, 0) is 12.1 Å². The molecule has 2 heterocycles. The fraction of sp³-hybridized carbons (Fsp3) is 0.562. The molecule has 1 N–H and O–H groups in total. The number of likely N-dealkylation sites (tertiary alicyclic amines) is 1. The third-order valence-corrected chi connectivity index (χ3v) is 5.98. The smallest absolute Gasteiger partial charge is 0.224 e. The Bertz CT molecular complexity index is 567. The van der Waals surface area contributed by atoms with E-state index in [1.165, 1.54) is 0 Å². The Morgan fingerprint density at radius 2 is 2.26 bits per heavy atom. The van der Waals surface area contributed by atoms with Crippen molar-refractivity contribution in [3.63, 3.8) is 0 Å². The van der Waals surface area contributed by atoms with Gasteiger partial charge in [0.15, 0.2) is 0 Å². The molecule has 1 aromatic rings. The number of carbonyl (C=O) groups excluding carboxylic acids is 1. The lowest BCUT2D eigenvalue weighted by Crippen LogP contribution is -2.42. The molecule has 0 saturated carbocycles. The van der Waals surface area contributed by atoms with E-state index < -0.39 is 0 Å². The lowest BCUT2D eigenvalue weighted by molar-refractivity contribution is -0.130. The minimum Gasteiger partial charge on any atom is -0.488 e. The standard InChI is InChI=1S/C16H20Cl2N2O2S/c17-14-2-1-12(8-15(14)18)22-13-3-5-20(9-13)16(21)7-11-10-23-6-4-19-11/h1-2,8,11,13,19H,3-7,9-10H2. The Hall–Kier alpha value is -0.620. The van der Waals surface area contributed by atoms with Crippen LogP contribution < -0.4 is 10.1 Å². The summed E-state index contributed by atoms with van der Waals surface area (Å²) in [6, 6.07) is 5.56. The third-order valence-electron chi connectivity index (χ3n) is 4.11. The second-order valence-corrected chi connectivity index (χ2v) is 7.84. The summed E-state index contributed by atoms with van der Waals surface area (Å²) in [6.45, 7) is 2.38. The van der Waals surface area contributed by atoms with Crippen LogP contribution in [0.4, 0.5) is 0 Å². The van der Waals surface area contributed by atoms with Gasteiger partial charge in [-0.15, -0.1) is 0 Å². The van der Waals surface area contributed by atoms with Gasteiger partial charge in [0, 0.05) is 49.5 Å². The van der Waals surface area contributed by atoms with Crippen LogP contribution in [0.1, 0.15) is 12.8 Å². The fourth-order valence-electron chi connectivity index (χ4n) is 2.88. The minimum atomic E-state index is 0.0184. The number of benzene rings is 1. The maximum Gasteiger partial charge on any atom is 0.224 e. The maximum atomic E-state index is 12.4. The molecule has 2 aliphatic rings. The number of ether oxygens (including phenoxy) is 1. The maximum absolute atomic E-state index is 12.4. The van der Waals surface area contributed by atoms with Crippen molar-refractivity contribution < 1.29 is 9.53 Å². The molecular weight excluding hydrogens is 355 g/mol. The number of amides is 1. The van der Waals surface area contributed by atoms with Gasteiger partial charge in [-0.2, -0.15) is 11.8 Å². The van der Waals surface area contributed by atoms with E-state index >= 15 is 0 Å². The van der Waals surface area contributed by atoms with Crippen molar-refractivity contribution in [1.29, 1.82) is 0 Å². The molecule has 2 aliphatic heterocycles. The van der Waals surface area contributed by atoms with Crippen molar-refractivity contribution >= 4 is 40.9 Å². The van der Waals surface area contributed by atoms with Crippen LogP contribution in [0.25, 0.3) is 0 Å². The van der Waals surface area contributed by atoms with Crippen molar-refractivity contribution in [2.45, 2.75) is 25.0 Å². The van der Waals surface area contributed by atoms with Gasteiger partial charge in [0.25, 0.3) is 0 Å². The largest absolute Gasteiger partial charge is 0.488 e. The highest BCUT2D eigenvalue weighted by molar-refractivity contribution is 7.99.